The van der Waals surface area contributed by atoms with Gasteiger partial charge in [-0.15, -0.1) is 11.3 Å². The monoisotopic (exact) mass is 456 g/mol. The van der Waals surface area contributed by atoms with E-state index in [2.05, 4.69) is 20.4 Å². The van der Waals surface area contributed by atoms with Crippen LogP contribution in [-0.4, -0.2) is 55.7 Å². The van der Waals surface area contributed by atoms with E-state index in [-0.39, 0.29) is 18.4 Å². The molecule has 1 unspecified atom stereocenters. The summed E-state index contributed by atoms with van der Waals surface area (Å²) in [7, 11) is 1.74. The average Bonchev–Trinajstić information content (AvgIpc) is 3.37. The highest BCUT2D eigenvalue weighted by Crippen LogP contribution is 2.41. The molecule has 0 radical (unpaired) electrons. The van der Waals surface area contributed by atoms with Crippen LogP contribution in [0, 0.1) is 5.92 Å². The van der Waals surface area contributed by atoms with Crippen molar-refractivity contribution in [2.24, 2.45) is 5.92 Å². The number of hydrogen-bond donors (Lipinski definition) is 2. The molecule has 0 saturated carbocycles. The number of thiophene rings is 1. The largest absolute Gasteiger partial charge is 0.395 e. The fraction of sp³-hybridized carbons (Fsp3) is 0.333. The van der Waals surface area contributed by atoms with Crippen molar-refractivity contribution in [1.82, 2.24) is 24.5 Å². The fourth-order valence-corrected chi connectivity index (χ4v) is 5.61. The normalized spacial score (nSPS) is 15.9. The molecule has 0 bridgehead atoms. The number of aliphatic hydroxyl groups is 1. The Balaban J connectivity index is 1.48. The van der Waals surface area contributed by atoms with Crippen LogP contribution in [0.25, 0.3) is 15.7 Å². The number of nitrogens with one attached hydrogen (secondary N) is 1. The summed E-state index contributed by atoms with van der Waals surface area (Å²) in [4.78, 5) is 25.4. The van der Waals surface area contributed by atoms with Crippen molar-refractivity contribution in [3.05, 3.63) is 46.3 Å². The molecule has 1 amide bonds. The molecule has 1 aliphatic rings. The van der Waals surface area contributed by atoms with Crippen molar-refractivity contribution in [2.45, 2.75) is 19.3 Å². The van der Waals surface area contributed by atoms with E-state index in [0.717, 1.165) is 40.1 Å². The predicted octanol–water partition coefficient (Wildman–Crippen LogP) is 3.29. The first-order valence-corrected chi connectivity index (χ1v) is 11.3. The van der Waals surface area contributed by atoms with Gasteiger partial charge in [-0.1, -0.05) is 11.6 Å². The molecule has 0 aromatic carbocycles. The summed E-state index contributed by atoms with van der Waals surface area (Å²) >= 11 is 8.08. The van der Waals surface area contributed by atoms with Crippen LogP contribution in [0.2, 0.25) is 5.02 Å². The molecule has 0 aliphatic heterocycles. The molecular formula is C21H21ClN6O2S. The molecule has 1 aliphatic carbocycles. The Morgan fingerprint density at radius 1 is 1.45 bits per heavy atom. The maximum absolute atomic E-state index is 12.7. The molecule has 10 heteroatoms. The second-order valence-electron chi connectivity index (χ2n) is 7.69. The lowest BCUT2D eigenvalue weighted by Crippen LogP contribution is -2.37. The van der Waals surface area contributed by atoms with Gasteiger partial charge in [0.1, 0.15) is 17.0 Å². The maximum Gasteiger partial charge on any atom is 0.225 e. The molecule has 1 atom stereocenters. The molecule has 5 rings (SSSR count). The first-order chi connectivity index (χ1) is 15.0. The number of aromatic nitrogens is 4. The molecule has 4 aromatic heterocycles. The molecule has 4 aromatic rings. The van der Waals surface area contributed by atoms with Crippen LogP contribution in [0.1, 0.15) is 16.9 Å². The number of fused-ring (bicyclic) bond motifs is 4. The standard InChI is InChI=1S/C21H21ClN6O2S/c1-27(6-7-29)21(30)12-2-3-14-17(8-12)31-20-18(14)19(23-11-24-20)26-16-9-13-4-5-25-28(13)10-15(16)22/h4-5,9-12,29H,2-3,6-8H2,1H3,(H,23,24,26). The molecule has 160 valence electrons. The van der Waals surface area contributed by atoms with Crippen molar-refractivity contribution < 1.29 is 9.90 Å². The molecule has 31 heavy (non-hydrogen) atoms. The number of aryl methyl sites for hydroxylation is 1. The lowest BCUT2D eigenvalue weighted by atomic mass is 9.87. The van der Waals surface area contributed by atoms with E-state index in [1.54, 1.807) is 46.5 Å². The van der Waals surface area contributed by atoms with Crippen LogP contribution < -0.4 is 5.32 Å². The highest BCUT2D eigenvalue weighted by molar-refractivity contribution is 7.19. The highest BCUT2D eigenvalue weighted by Gasteiger charge is 2.30. The third-order valence-electron chi connectivity index (χ3n) is 5.75. The Bertz CT molecular complexity index is 1290. The van der Waals surface area contributed by atoms with Gasteiger partial charge >= 0.3 is 0 Å². The number of amides is 1. The van der Waals surface area contributed by atoms with Gasteiger partial charge in [0.2, 0.25) is 5.91 Å². The van der Waals surface area contributed by atoms with E-state index in [0.29, 0.717) is 18.0 Å². The summed E-state index contributed by atoms with van der Waals surface area (Å²) < 4.78 is 1.72. The van der Waals surface area contributed by atoms with Crippen molar-refractivity contribution in [2.75, 3.05) is 25.5 Å². The first-order valence-electron chi connectivity index (χ1n) is 10.1. The SMILES string of the molecule is CN(CCO)C(=O)C1CCc2c(sc3ncnc(Nc4cc5ccnn5cc4Cl)c23)C1. The van der Waals surface area contributed by atoms with Crippen LogP contribution in [0.4, 0.5) is 11.5 Å². The second kappa shape index (κ2) is 8.07. The van der Waals surface area contributed by atoms with Gasteiger partial charge in [-0.2, -0.15) is 5.10 Å². The van der Waals surface area contributed by atoms with E-state index in [1.807, 2.05) is 12.1 Å². The van der Waals surface area contributed by atoms with E-state index in [9.17, 15) is 4.79 Å². The molecular weight excluding hydrogens is 436 g/mol. The number of nitrogens with zero attached hydrogens (tertiary/aromatic N) is 5. The number of carbonyl (C=O) groups excluding carboxylic acids is 1. The number of rotatable bonds is 5. The van der Waals surface area contributed by atoms with E-state index in [1.165, 1.54) is 10.4 Å². The first kappa shape index (κ1) is 20.2. The van der Waals surface area contributed by atoms with Crippen LogP contribution >= 0.6 is 22.9 Å². The summed E-state index contributed by atoms with van der Waals surface area (Å²) in [5, 5.41) is 18.3. The van der Waals surface area contributed by atoms with Gasteiger partial charge in [-0.25, -0.2) is 14.5 Å². The Morgan fingerprint density at radius 3 is 3.16 bits per heavy atom. The number of anilines is 2. The van der Waals surface area contributed by atoms with Crippen LogP contribution in [0.15, 0.2) is 30.9 Å². The summed E-state index contributed by atoms with van der Waals surface area (Å²) in [6.07, 6.45) is 7.28. The number of likely N-dealkylation sites (N-methyl/N-ethyl adjacent to an activating group) is 1. The number of hydrogen-bond acceptors (Lipinski definition) is 7. The zero-order chi connectivity index (χ0) is 21.5. The van der Waals surface area contributed by atoms with E-state index >= 15 is 0 Å². The minimum atomic E-state index is -0.0693. The number of pyridine rings is 1. The molecule has 2 N–H and O–H groups in total. The summed E-state index contributed by atoms with van der Waals surface area (Å²) in [5.41, 5.74) is 2.89. The summed E-state index contributed by atoms with van der Waals surface area (Å²) in [6, 6.07) is 3.85. The lowest BCUT2D eigenvalue weighted by Gasteiger charge is -2.26. The third-order valence-corrected chi connectivity index (χ3v) is 7.21. The Morgan fingerprint density at radius 2 is 2.32 bits per heavy atom. The van der Waals surface area contributed by atoms with E-state index < -0.39 is 0 Å². The third kappa shape index (κ3) is 3.62. The van der Waals surface area contributed by atoms with Crippen LogP contribution in [0.5, 0.6) is 0 Å². The average molecular weight is 457 g/mol. The minimum Gasteiger partial charge on any atom is -0.395 e. The fourth-order valence-electron chi connectivity index (χ4n) is 4.15. The molecule has 0 spiro atoms. The van der Waals surface area contributed by atoms with Crippen LogP contribution in [-0.2, 0) is 17.6 Å². The summed E-state index contributed by atoms with van der Waals surface area (Å²) in [6.45, 7) is 0.331. The zero-order valence-corrected chi connectivity index (χ0v) is 18.4. The second-order valence-corrected chi connectivity index (χ2v) is 9.18. The topological polar surface area (TPSA) is 95.6 Å². The Kier molecular flexibility index (Phi) is 5.25. The van der Waals surface area contributed by atoms with Gasteiger partial charge in [0, 0.05) is 36.8 Å². The van der Waals surface area contributed by atoms with Gasteiger partial charge in [-0.3, -0.25) is 4.79 Å². The van der Waals surface area contributed by atoms with Crippen molar-refractivity contribution in [3.8, 4) is 0 Å². The predicted molar refractivity (Wildman–Crippen MR) is 121 cm³/mol. The van der Waals surface area contributed by atoms with Crippen LogP contribution in [0.3, 0.4) is 0 Å². The van der Waals surface area contributed by atoms with Crippen molar-refractivity contribution >= 4 is 56.1 Å². The van der Waals surface area contributed by atoms with Crippen molar-refractivity contribution in [1.29, 1.82) is 0 Å². The maximum atomic E-state index is 12.7. The molecule has 0 saturated heterocycles. The number of aliphatic hydroxyl groups excluding tert-OH is 1. The lowest BCUT2D eigenvalue weighted by molar-refractivity contribution is -0.135. The number of carbonyl (C=O) groups is 1. The van der Waals surface area contributed by atoms with Gasteiger partial charge in [0.05, 0.1) is 28.2 Å². The Hall–Kier alpha value is -2.75. The smallest absolute Gasteiger partial charge is 0.225 e. The molecule has 8 nitrogen and oxygen atoms in total. The van der Waals surface area contributed by atoms with Gasteiger partial charge < -0.3 is 15.3 Å². The quantitative estimate of drug-likeness (QED) is 0.478. The zero-order valence-electron chi connectivity index (χ0n) is 16.9. The number of halogens is 1. The van der Waals surface area contributed by atoms with E-state index in [4.69, 9.17) is 16.7 Å². The molecule has 0 fully saturated rings. The Labute approximate surface area is 187 Å². The van der Waals surface area contributed by atoms with Crippen molar-refractivity contribution in [3.63, 3.8) is 0 Å². The highest BCUT2D eigenvalue weighted by atomic mass is 35.5. The summed E-state index contributed by atoms with van der Waals surface area (Å²) in [5.74, 6) is 0.734. The van der Waals surface area contributed by atoms with Gasteiger partial charge in [-0.05, 0) is 37.0 Å². The molecule has 4 heterocycles. The van der Waals surface area contributed by atoms with Gasteiger partial charge in [0.25, 0.3) is 0 Å². The van der Waals surface area contributed by atoms with Gasteiger partial charge in [0.15, 0.2) is 0 Å². The minimum absolute atomic E-state index is 0.0264.